The van der Waals surface area contributed by atoms with Gasteiger partial charge in [-0.3, -0.25) is 0 Å². The van der Waals surface area contributed by atoms with Gasteiger partial charge >= 0.3 is 0 Å². The molecule has 0 aliphatic carbocycles. The van der Waals surface area contributed by atoms with E-state index in [0.717, 1.165) is 7.96 Å². The predicted molar refractivity (Wildman–Crippen MR) is 1060 cm³/mol. The first-order valence-corrected chi connectivity index (χ1v) is 261. The van der Waals surface area contributed by atoms with Crippen molar-refractivity contribution in [2.75, 3.05) is 0 Å². The molecule has 0 aromatic heterocycles. The molecule has 127 heavy (non-hydrogen) atoms. The average molecular weight is 4060 g/mol. The van der Waals surface area contributed by atoms with Gasteiger partial charge in [-0.05, 0) is 433 Å². The van der Waals surface area contributed by atoms with Gasteiger partial charge in [-0.1, -0.05) is 7.96 Å². The Bertz CT molecular complexity index is 2150. The summed E-state index contributed by atoms with van der Waals surface area (Å²) in [5, 5.41) is 0. The highest BCUT2D eigenvalue weighted by molar-refractivity contribution is 9.63. The quantitative estimate of drug-likeness (QED) is 0.0533. The zero-order chi connectivity index (χ0) is 101. The zero-order valence-electron chi connectivity index (χ0n) is 65.2. The first-order valence-electron chi connectivity index (χ1n) is 29.0. The predicted octanol–water partition coefficient (Wildman–Crippen LogP) is 74.8. The lowest BCUT2D eigenvalue weighted by Gasteiger charge is -2.66. The van der Waals surface area contributed by atoms with Gasteiger partial charge in [0.05, 0.1) is 0 Å². The van der Waals surface area contributed by atoms with E-state index < -0.39 is 433 Å². The Labute approximate surface area is 995 Å². The first-order chi connectivity index (χ1) is 57.8. The van der Waals surface area contributed by atoms with Gasteiger partial charge in [0.1, 0.15) is 0 Å². The Kier molecular flexibility index (Phi) is 143. The van der Waals surface area contributed by atoms with Gasteiger partial charge in [0.2, 0.25) is 0 Å². The summed E-state index contributed by atoms with van der Waals surface area (Å²) < 4.78 is 0. The van der Waals surface area contributed by atoms with Crippen LogP contribution in [0.5, 0.6) is 0 Å². The molecule has 0 saturated carbocycles. The van der Waals surface area contributed by atoms with Gasteiger partial charge in [0.25, 0.3) is 0 Å². The molecular weight excluding hydrogens is 3930 g/mol. The molecule has 70 unspecified atom stereocenters. The van der Waals surface area contributed by atoms with Crippen LogP contribution < -0.4 is 0 Å². The molecule has 127 heteroatoms. The topological polar surface area (TPSA) is 0 Å². The first kappa shape index (κ1) is 182. The average Bonchev–Trinajstić information content (AvgIpc) is 0.698. The van der Waals surface area contributed by atoms with E-state index in [1.807, 2.05) is 0 Å². The van der Waals surface area contributed by atoms with E-state index >= 15 is 0 Å². The van der Waals surface area contributed by atoms with Crippen LogP contribution in [-0.4, -0.2) is 0 Å². The van der Waals surface area contributed by atoms with Gasteiger partial charge in [-0.25, -0.2) is 0 Å². The number of hydrogen-bond acceptors (Lipinski definition) is 0. The van der Waals surface area contributed by atoms with Crippen molar-refractivity contribution in [1.29, 1.82) is 0 Å². The van der Waals surface area contributed by atoms with E-state index in [4.69, 9.17) is 0 Å². The molecule has 0 saturated heterocycles. The van der Waals surface area contributed by atoms with Crippen molar-refractivity contribution >= 4 is 1010 Å². The molecule has 0 amide bonds. The lowest BCUT2D eigenvalue weighted by atomic mass is 28.3. The Morgan fingerprint density at radius 1 is 0.0709 bits per heavy atom. The fourth-order valence-corrected chi connectivity index (χ4v) is 1920. The third-order valence-electron chi connectivity index (χ3n) is 11.4. The van der Waals surface area contributed by atoms with Gasteiger partial charge in [-0.15, -0.1) is 571 Å². The Balaban J connectivity index is 17.2. The van der Waals surface area contributed by atoms with Crippen LogP contribution in [0.25, 0.3) is 0 Å². The minimum atomic E-state index is -0.868. The van der Waals surface area contributed by atoms with Crippen LogP contribution in [0.15, 0.2) is 0 Å². The van der Waals surface area contributed by atoms with Crippen LogP contribution in [0.1, 0.15) is 0 Å². The van der Waals surface area contributed by atoms with Crippen LogP contribution in [0, 0.1) is 0 Å². The van der Waals surface area contributed by atoms with Gasteiger partial charge < -0.3 is 0 Å². The van der Waals surface area contributed by atoms with Crippen LogP contribution in [0.3, 0.4) is 0 Å². The highest BCUT2D eigenvalue weighted by Crippen LogP contribution is 3.58. The summed E-state index contributed by atoms with van der Waals surface area (Å²) in [4.78, 5) is 0. The highest BCUT2D eigenvalue weighted by Gasteiger charge is 2.70. The monoisotopic (exact) mass is 4060 g/mol. The molecular formula is H129P127. The zero-order valence-corrected chi connectivity index (χ0v) is 196. The maximum absolute atomic E-state index is 4.04. The third kappa shape index (κ3) is 63.8. The summed E-state index contributed by atoms with van der Waals surface area (Å²) in [5.41, 5.74) is 0. The number of hydrogen-bond donors (Lipinski definition) is 0. The maximum atomic E-state index is 4.04. The molecule has 0 N–H and O–H groups in total. The van der Waals surface area contributed by atoms with E-state index in [1.165, 1.54) is 0 Å². The molecule has 0 fully saturated rings. The lowest BCUT2D eigenvalue weighted by molar-refractivity contribution is 4.27. The van der Waals surface area contributed by atoms with Crippen molar-refractivity contribution in [2.24, 2.45) is 0 Å². The second-order valence-electron chi connectivity index (χ2n) is 20.3. The molecule has 0 heterocycles. The smallest absolute Gasteiger partial charge is 0.000000158 e. The molecule has 70 atom stereocenters. The largest absolute Gasteiger partial charge is 0.109 e. The molecule has 0 spiro atoms. The van der Waals surface area contributed by atoms with Crippen molar-refractivity contribution in [3.05, 3.63) is 0 Å². The molecule has 0 aliphatic rings. The fraction of sp³-hybridized carbons (Fsp3) is 0. The fourth-order valence-electron chi connectivity index (χ4n) is 7.91. The van der Waals surface area contributed by atoms with E-state index in [0.29, 0.717) is 0 Å². The Hall–Kier alpha value is 54.6. The van der Waals surface area contributed by atoms with Crippen LogP contribution in [0.2, 0.25) is 0 Å². The normalized spacial score (nSPS) is 15.9. The van der Waals surface area contributed by atoms with E-state index in [9.17, 15) is 0 Å². The van der Waals surface area contributed by atoms with Crippen LogP contribution >= 0.6 is 1010 Å². The molecule has 0 aromatic carbocycles. The summed E-state index contributed by atoms with van der Waals surface area (Å²) in [5.74, 6) is 0. The van der Waals surface area contributed by atoms with E-state index in [2.05, 4.69) is 571 Å². The molecule has 0 radical (unpaired) electrons. The molecule has 0 aromatic rings. The Morgan fingerprint density at radius 3 is 0.165 bits per heavy atom. The van der Waals surface area contributed by atoms with Crippen molar-refractivity contribution in [1.82, 2.24) is 0 Å². The van der Waals surface area contributed by atoms with E-state index in [-0.39, 0.29) is 0 Å². The maximum Gasteiger partial charge on any atom is -0.000000158 e. The molecule has 764 valence electrons. The second kappa shape index (κ2) is 99.8. The highest BCUT2D eigenvalue weighted by atomic mass is 33.7. The Morgan fingerprint density at radius 2 is 0.118 bits per heavy atom. The number of rotatable bonds is 62. The van der Waals surface area contributed by atoms with Crippen LogP contribution in [0.4, 0.5) is 0 Å². The lowest BCUT2D eigenvalue weighted by Crippen LogP contribution is -1.79. The summed E-state index contributed by atoms with van der Waals surface area (Å²) in [6, 6.07) is 0. The third-order valence-corrected chi connectivity index (χ3v) is 921. The molecule has 0 rings (SSSR count). The van der Waals surface area contributed by atoms with Gasteiger partial charge in [0.15, 0.2) is 0 Å². The van der Waals surface area contributed by atoms with Crippen molar-refractivity contribution in [3.8, 4) is 0 Å². The van der Waals surface area contributed by atoms with Crippen molar-refractivity contribution in [2.45, 2.75) is 0 Å². The SMILES string of the molecule is PPP(P)P(P(P)P)P(P(P(P)P)P(P)P)P(P(P(P(P)P)P(P)P)P(P(P)P)P(P)P)P(P(P(P(P(P)P)P(P)P)P(P(P)P)P(P)P)P(P(P(P)P)P(P)P)P(P(P)P)P(P)P)P(P(P(P(P(P)P)P(P)P)P(P(P)P)P(P)P)P(P(P(P)P)P(P)P)P(P(P)P)P(P)P)P(P(P(P(P)P)P(P)P)P(P(P)P)P(P)P)P(P(P(P)P)P(P)P)P(P(P)P)P(P)P. The summed E-state index contributed by atoms with van der Waals surface area (Å²) in [6.07, 6.45) is 0. The van der Waals surface area contributed by atoms with Gasteiger partial charge in [-0.2, -0.15) is 0 Å². The van der Waals surface area contributed by atoms with Crippen molar-refractivity contribution in [3.63, 3.8) is 0 Å². The molecule has 0 aliphatic heterocycles. The minimum absolute atomic E-state index is 0.449. The van der Waals surface area contributed by atoms with Crippen molar-refractivity contribution < 1.29 is 0 Å². The standard InChI is InChI=1S/H129P127/c1-65-97(64)113(96(62)63)121(112(94(58)59)95(60)61)125(120(110(90(50)51)91(52)53)111(92(54)55)93(56)57)127(124(118(106(82(34)35)83(36)37)107(84(38)39)85(40)41)119(108(86(42)43)87(44)45)109(88(46)47)89(48)49)126(122(114(98(66(2)3)67(4)5)99(68(6)7)69(8)9)115(100(70(10)11)71(12)13)101(72(14)15)73(16)17)123(116(102(74(18)19)75(20)21)103(76(22)23)77(24)25)117(104(78(26)27)79(28)29)105(80(30)31)81(32)33/h65H,1-64H2. The van der Waals surface area contributed by atoms with Crippen LogP contribution in [-0.2, 0) is 0 Å². The molecule has 0 nitrogen and oxygen atoms in total. The molecule has 0 bridgehead atoms. The van der Waals surface area contributed by atoms with E-state index in [1.54, 1.807) is 0 Å². The summed E-state index contributed by atoms with van der Waals surface area (Å²) in [7, 11) is 253. The van der Waals surface area contributed by atoms with Gasteiger partial charge in [0, 0.05) is 0 Å². The minimum Gasteiger partial charge on any atom is -0.109 e. The second-order valence-corrected chi connectivity index (χ2v) is 548. The summed E-state index contributed by atoms with van der Waals surface area (Å²) >= 11 is 0. The summed E-state index contributed by atoms with van der Waals surface area (Å²) in [6.45, 7) is -36.0.